The number of nitrogens with two attached hydrogens (primary N) is 1. The van der Waals surface area contributed by atoms with Crippen LogP contribution in [-0.2, 0) is 16.8 Å². The number of rotatable bonds is 4. The van der Waals surface area contributed by atoms with E-state index in [0.717, 1.165) is 36.6 Å². The van der Waals surface area contributed by atoms with Crippen molar-refractivity contribution >= 4 is 11.6 Å². The fourth-order valence-corrected chi connectivity index (χ4v) is 3.14. The van der Waals surface area contributed by atoms with Gasteiger partial charge in [0, 0.05) is 6.07 Å². The van der Waals surface area contributed by atoms with Crippen LogP contribution in [0.3, 0.4) is 0 Å². The molecule has 0 amide bonds. The van der Waals surface area contributed by atoms with Gasteiger partial charge in [0.1, 0.15) is 17.2 Å². The lowest BCUT2D eigenvalue weighted by Crippen LogP contribution is -2.39. The van der Waals surface area contributed by atoms with Crippen LogP contribution in [0.2, 0.25) is 0 Å². The van der Waals surface area contributed by atoms with Crippen LogP contribution in [0, 0.1) is 11.6 Å². The van der Waals surface area contributed by atoms with Gasteiger partial charge in [-0.15, -0.1) is 0 Å². The van der Waals surface area contributed by atoms with E-state index in [2.05, 4.69) is 16.4 Å². The van der Waals surface area contributed by atoms with Crippen LogP contribution in [-0.4, -0.2) is 19.1 Å². The van der Waals surface area contributed by atoms with Crippen LogP contribution in [0.1, 0.15) is 24.5 Å². The van der Waals surface area contributed by atoms with E-state index in [0.29, 0.717) is 13.2 Å². The molecule has 2 aromatic carbocycles. The van der Waals surface area contributed by atoms with Crippen molar-refractivity contribution in [1.29, 1.82) is 0 Å². The number of guanidine groups is 1. The fraction of sp³-hybridized carbons (Fsp3) is 0.316. The molecule has 0 bridgehead atoms. The summed E-state index contributed by atoms with van der Waals surface area (Å²) in [6.07, 6.45) is 1.60. The van der Waals surface area contributed by atoms with Crippen LogP contribution in [0.15, 0.2) is 47.5 Å². The summed E-state index contributed by atoms with van der Waals surface area (Å²) < 4.78 is 33.0. The number of hydrogen-bond acceptors (Lipinski definition) is 2. The van der Waals surface area contributed by atoms with Gasteiger partial charge in [-0.3, -0.25) is 0 Å². The van der Waals surface area contributed by atoms with Crippen LogP contribution >= 0.6 is 0 Å². The summed E-state index contributed by atoms with van der Waals surface area (Å²) in [5, 5.41) is 2.61. The van der Waals surface area contributed by atoms with Gasteiger partial charge in [-0.25, -0.2) is 13.8 Å². The van der Waals surface area contributed by atoms with Gasteiger partial charge in [-0.2, -0.15) is 0 Å². The number of ether oxygens (including phenoxy) is 1. The molecule has 132 valence electrons. The molecular weight excluding hydrogens is 324 g/mol. The Labute approximate surface area is 145 Å². The van der Waals surface area contributed by atoms with Crippen LogP contribution in [0.5, 0.6) is 0 Å². The second kappa shape index (κ2) is 7.19. The van der Waals surface area contributed by atoms with Gasteiger partial charge in [0.25, 0.3) is 0 Å². The van der Waals surface area contributed by atoms with Crippen molar-refractivity contribution in [1.82, 2.24) is 0 Å². The molecular formula is C19H21F2N3O. The summed E-state index contributed by atoms with van der Waals surface area (Å²) in [6.45, 7) is 2.95. The van der Waals surface area contributed by atoms with Crippen LogP contribution in [0.25, 0.3) is 0 Å². The second-order valence-corrected chi connectivity index (χ2v) is 6.05. The van der Waals surface area contributed by atoms with E-state index in [1.54, 1.807) is 0 Å². The second-order valence-electron chi connectivity index (χ2n) is 6.05. The standard InChI is InChI=1S/C19H21F2N3O/c1-2-19(15-6-4-3-5-13(15)9-10-25-19)12-23-18(22)24-17-11-14(20)7-8-16(17)21/h3-8,11H,2,9-10,12H2,1H3,(H3,22,23,24). The third-order valence-electron chi connectivity index (χ3n) is 4.53. The predicted molar refractivity (Wildman–Crippen MR) is 94.5 cm³/mol. The Bertz CT molecular complexity index is 794. The Morgan fingerprint density at radius 2 is 2.08 bits per heavy atom. The molecule has 1 heterocycles. The zero-order valence-corrected chi connectivity index (χ0v) is 14.1. The van der Waals surface area contributed by atoms with E-state index in [9.17, 15) is 8.78 Å². The zero-order chi connectivity index (χ0) is 17.9. The van der Waals surface area contributed by atoms with E-state index < -0.39 is 17.2 Å². The summed E-state index contributed by atoms with van der Waals surface area (Å²) in [6, 6.07) is 11.3. The van der Waals surface area contributed by atoms with Gasteiger partial charge in [0.15, 0.2) is 5.96 Å². The molecule has 0 saturated heterocycles. The minimum Gasteiger partial charge on any atom is -0.370 e. The first-order valence-electron chi connectivity index (χ1n) is 8.28. The van der Waals surface area contributed by atoms with Crippen molar-refractivity contribution < 1.29 is 13.5 Å². The van der Waals surface area contributed by atoms with Crippen molar-refractivity contribution in [3.63, 3.8) is 0 Å². The number of hydrogen-bond donors (Lipinski definition) is 2. The number of nitrogens with zero attached hydrogens (tertiary/aromatic N) is 1. The predicted octanol–water partition coefficient (Wildman–Crippen LogP) is 3.57. The smallest absolute Gasteiger partial charge is 0.193 e. The number of aliphatic imine (C=N–C) groups is 1. The molecule has 1 atom stereocenters. The quantitative estimate of drug-likeness (QED) is 0.658. The Kier molecular flexibility index (Phi) is 4.99. The number of benzene rings is 2. The molecule has 6 heteroatoms. The summed E-state index contributed by atoms with van der Waals surface area (Å²) in [7, 11) is 0. The van der Waals surface area contributed by atoms with Crippen LogP contribution in [0.4, 0.5) is 14.5 Å². The highest BCUT2D eigenvalue weighted by Crippen LogP contribution is 2.36. The molecule has 1 unspecified atom stereocenters. The lowest BCUT2D eigenvalue weighted by atomic mass is 9.84. The molecule has 0 saturated carbocycles. The number of fused-ring (bicyclic) bond motifs is 1. The molecule has 0 aliphatic carbocycles. The first-order chi connectivity index (χ1) is 12.0. The number of nitrogens with one attached hydrogen (secondary N) is 1. The van der Waals surface area contributed by atoms with Gasteiger partial charge in [-0.05, 0) is 36.1 Å². The largest absolute Gasteiger partial charge is 0.370 e. The lowest BCUT2D eigenvalue weighted by molar-refractivity contribution is -0.0558. The van der Waals surface area contributed by atoms with Gasteiger partial charge in [0.05, 0.1) is 18.8 Å². The van der Waals surface area contributed by atoms with Gasteiger partial charge in [-0.1, -0.05) is 31.2 Å². The average Bonchev–Trinajstić information content (AvgIpc) is 2.63. The first kappa shape index (κ1) is 17.4. The van der Waals surface area contributed by atoms with E-state index in [1.165, 1.54) is 5.56 Å². The zero-order valence-electron chi connectivity index (χ0n) is 14.1. The van der Waals surface area contributed by atoms with E-state index in [1.807, 2.05) is 25.1 Å². The Hall–Kier alpha value is -2.47. The summed E-state index contributed by atoms with van der Waals surface area (Å²) in [5.74, 6) is -1.13. The fourth-order valence-electron chi connectivity index (χ4n) is 3.14. The number of halogens is 2. The maximum Gasteiger partial charge on any atom is 0.193 e. The highest BCUT2D eigenvalue weighted by molar-refractivity contribution is 5.92. The minimum atomic E-state index is -0.594. The normalized spacial score (nSPS) is 20.2. The topological polar surface area (TPSA) is 59.6 Å². The van der Waals surface area contributed by atoms with Gasteiger partial charge < -0.3 is 15.8 Å². The first-order valence-corrected chi connectivity index (χ1v) is 8.28. The van der Waals surface area contributed by atoms with Crippen molar-refractivity contribution in [2.24, 2.45) is 10.7 Å². The molecule has 1 aliphatic heterocycles. The molecule has 2 aromatic rings. The van der Waals surface area contributed by atoms with E-state index in [-0.39, 0.29) is 11.6 Å². The van der Waals surface area contributed by atoms with Gasteiger partial charge in [0.2, 0.25) is 0 Å². The Morgan fingerprint density at radius 3 is 2.88 bits per heavy atom. The molecule has 0 radical (unpaired) electrons. The summed E-state index contributed by atoms with van der Waals surface area (Å²) >= 11 is 0. The maximum atomic E-state index is 13.7. The minimum absolute atomic E-state index is 0.0176. The lowest BCUT2D eigenvalue weighted by Gasteiger charge is -2.37. The highest BCUT2D eigenvalue weighted by atomic mass is 19.1. The summed E-state index contributed by atoms with van der Waals surface area (Å²) in [4.78, 5) is 4.32. The van der Waals surface area contributed by atoms with E-state index in [4.69, 9.17) is 10.5 Å². The number of anilines is 1. The van der Waals surface area contributed by atoms with Crippen molar-refractivity contribution in [2.45, 2.75) is 25.4 Å². The molecule has 4 nitrogen and oxygen atoms in total. The van der Waals surface area contributed by atoms with Crippen molar-refractivity contribution in [3.8, 4) is 0 Å². The van der Waals surface area contributed by atoms with Crippen molar-refractivity contribution in [2.75, 3.05) is 18.5 Å². The van der Waals surface area contributed by atoms with Crippen molar-refractivity contribution in [3.05, 3.63) is 65.2 Å². The molecule has 1 aliphatic rings. The Morgan fingerprint density at radius 1 is 1.28 bits per heavy atom. The SMILES string of the molecule is CCC1(CN=C(N)Nc2cc(F)ccc2F)OCCc2ccccc21. The highest BCUT2D eigenvalue weighted by Gasteiger charge is 2.36. The molecule has 0 aromatic heterocycles. The van der Waals surface area contributed by atoms with Crippen LogP contribution < -0.4 is 11.1 Å². The monoisotopic (exact) mass is 345 g/mol. The Balaban J connectivity index is 1.81. The summed E-state index contributed by atoms with van der Waals surface area (Å²) in [5.41, 5.74) is 7.62. The molecule has 3 rings (SSSR count). The third kappa shape index (κ3) is 3.64. The average molecular weight is 345 g/mol. The van der Waals surface area contributed by atoms with Gasteiger partial charge >= 0.3 is 0 Å². The maximum absolute atomic E-state index is 13.7. The van der Waals surface area contributed by atoms with E-state index >= 15 is 0 Å². The molecule has 25 heavy (non-hydrogen) atoms. The molecule has 0 fully saturated rings. The molecule has 3 N–H and O–H groups in total. The third-order valence-corrected chi connectivity index (χ3v) is 4.53. The molecule has 0 spiro atoms.